The molecular formula is C23H48. The van der Waals surface area contributed by atoms with E-state index in [0.29, 0.717) is 0 Å². The highest BCUT2D eigenvalue weighted by Gasteiger charge is 2.19. The summed E-state index contributed by atoms with van der Waals surface area (Å²) in [6, 6.07) is 0. The molecule has 0 fully saturated rings. The lowest BCUT2D eigenvalue weighted by Gasteiger charge is -2.27. The Morgan fingerprint density at radius 2 is 0.696 bits per heavy atom. The molecule has 0 aromatic carbocycles. The second-order valence-electron chi connectivity index (χ2n) is 7.86. The topological polar surface area (TPSA) is 0 Å². The van der Waals surface area contributed by atoms with E-state index in [9.17, 15) is 0 Å². The minimum absolute atomic E-state index is 1.03. The van der Waals surface area contributed by atoms with Crippen LogP contribution < -0.4 is 0 Å². The number of hydrogen-bond acceptors (Lipinski definition) is 0. The van der Waals surface area contributed by atoms with E-state index >= 15 is 0 Å². The molecule has 0 heteroatoms. The summed E-state index contributed by atoms with van der Waals surface area (Å²) in [6.45, 7) is 9.38. The first kappa shape index (κ1) is 23.0. The average Bonchev–Trinajstić information content (AvgIpc) is 2.56. The molecule has 0 radical (unpaired) electrons. The molecular weight excluding hydrogens is 276 g/mol. The molecule has 0 bridgehead atoms. The summed E-state index contributed by atoms with van der Waals surface area (Å²) in [7, 11) is 0. The standard InChI is InChI=1S/C23H48/c1-5-9-12-14-17-20-22(18-8-4)23(19-15-11-7-3)21-16-13-10-6-2/h22-23H,5-21H2,1-4H3. The van der Waals surface area contributed by atoms with Crippen LogP contribution in [0.2, 0.25) is 0 Å². The van der Waals surface area contributed by atoms with E-state index in [0.717, 1.165) is 11.8 Å². The van der Waals surface area contributed by atoms with E-state index in [4.69, 9.17) is 0 Å². The smallest absolute Gasteiger partial charge is 0.0386 e. The molecule has 0 aromatic heterocycles. The van der Waals surface area contributed by atoms with Crippen LogP contribution >= 0.6 is 0 Å². The lowest BCUT2D eigenvalue weighted by atomic mass is 9.78. The third kappa shape index (κ3) is 14.1. The molecule has 0 aromatic rings. The van der Waals surface area contributed by atoms with Crippen molar-refractivity contribution in [2.75, 3.05) is 0 Å². The van der Waals surface area contributed by atoms with Gasteiger partial charge in [0.1, 0.15) is 0 Å². The molecule has 140 valence electrons. The normalized spacial score (nSPS) is 14.1. The van der Waals surface area contributed by atoms with Gasteiger partial charge in [0, 0.05) is 0 Å². The van der Waals surface area contributed by atoms with E-state index in [-0.39, 0.29) is 0 Å². The van der Waals surface area contributed by atoms with E-state index < -0.39 is 0 Å². The zero-order valence-electron chi connectivity index (χ0n) is 17.2. The minimum atomic E-state index is 1.03. The van der Waals surface area contributed by atoms with Crippen molar-refractivity contribution in [3.63, 3.8) is 0 Å². The Bertz CT molecular complexity index is 208. The van der Waals surface area contributed by atoms with E-state index in [1.807, 2.05) is 0 Å². The molecule has 0 amide bonds. The van der Waals surface area contributed by atoms with Crippen molar-refractivity contribution in [3.05, 3.63) is 0 Å². The molecule has 0 spiro atoms. The molecule has 23 heavy (non-hydrogen) atoms. The molecule has 0 rings (SSSR count). The summed E-state index contributed by atoms with van der Waals surface area (Å²) in [4.78, 5) is 0. The fourth-order valence-corrected chi connectivity index (χ4v) is 4.10. The Morgan fingerprint density at radius 1 is 0.348 bits per heavy atom. The molecule has 0 aliphatic heterocycles. The van der Waals surface area contributed by atoms with Crippen LogP contribution in [-0.2, 0) is 0 Å². The summed E-state index contributed by atoms with van der Waals surface area (Å²) < 4.78 is 0. The predicted molar refractivity (Wildman–Crippen MR) is 108 cm³/mol. The van der Waals surface area contributed by atoms with Gasteiger partial charge < -0.3 is 0 Å². The van der Waals surface area contributed by atoms with Gasteiger partial charge in [0.15, 0.2) is 0 Å². The largest absolute Gasteiger partial charge is 0.0654 e. The summed E-state index contributed by atoms with van der Waals surface area (Å²) >= 11 is 0. The fraction of sp³-hybridized carbons (Fsp3) is 1.00. The van der Waals surface area contributed by atoms with Gasteiger partial charge in [0.05, 0.1) is 0 Å². The predicted octanol–water partition coefficient (Wildman–Crippen LogP) is 8.93. The van der Waals surface area contributed by atoms with Crippen molar-refractivity contribution in [1.82, 2.24) is 0 Å². The zero-order valence-corrected chi connectivity index (χ0v) is 17.2. The van der Waals surface area contributed by atoms with Crippen molar-refractivity contribution in [3.8, 4) is 0 Å². The van der Waals surface area contributed by atoms with Crippen LogP contribution in [0.5, 0.6) is 0 Å². The summed E-state index contributed by atoms with van der Waals surface area (Å²) in [5, 5.41) is 0. The molecule has 0 N–H and O–H groups in total. The highest BCUT2D eigenvalue weighted by atomic mass is 14.3. The Balaban J connectivity index is 4.27. The molecule has 0 aliphatic rings. The monoisotopic (exact) mass is 324 g/mol. The van der Waals surface area contributed by atoms with Crippen molar-refractivity contribution < 1.29 is 0 Å². The molecule has 2 unspecified atom stereocenters. The van der Waals surface area contributed by atoms with Crippen LogP contribution in [0.25, 0.3) is 0 Å². The molecule has 0 saturated heterocycles. The van der Waals surface area contributed by atoms with Gasteiger partial charge in [-0.3, -0.25) is 0 Å². The lowest BCUT2D eigenvalue weighted by Crippen LogP contribution is -2.15. The number of unbranched alkanes of at least 4 members (excludes halogenated alkanes) is 9. The van der Waals surface area contributed by atoms with E-state index in [1.165, 1.54) is 109 Å². The van der Waals surface area contributed by atoms with Crippen LogP contribution in [-0.4, -0.2) is 0 Å². The van der Waals surface area contributed by atoms with Crippen molar-refractivity contribution in [2.45, 2.75) is 137 Å². The van der Waals surface area contributed by atoms with Gasteiger partial charge in [-0.25, -0.2) is 0 Å². The first-order valence-electron chi connectivity index (χ1n) is 11.3. The summed E-state index contributed by atoms with van der Waals surface area (Å²) in [5.41, 5.74) is 0. The van der Waals surface area contributed by atoms with Crippen LogP contribution in [0.15, 0.2) is 0 Å². The first-order valence-corrected chi connectivity index (χ1v) is 11.3. The maximum Gasteiger partial charge on any atom is -0.0386 e. The van der Waals surface area contributed by atoms with Gasteiger partial charge in [0.2, 0.25) is 0 Å². The van der Waals surface area contributed by atoms with Crippen LogP contribution in [0.3, 0.4) is 0 Å². The van der Waals surface area contributed by atoms with E-state index in [1.54, 1.807) is 0 Å². The van der Waals surface area contributed by atoms with Gasteiger partial charge in [-0.1, -0.05) is 137 Å². The molecule has 2 atom stereocenters. The van der Waals surface area contributed by atoms with Gasteiger partial charge >= 0.3 is 0 Å². The molecule has 0 heterocycles. The Morgan fingerprint density at radius 3 is 1.17 bits per heavy atom. The van der Waals surface area contributed by atoms with Crippen LogP contribution in [0, 0.1) is 11.8 Å². The fourth-order valence-electron chi connectivity index (χ4n) is 4.10. The second-order valence-corrected chi connectivity index (χ2v) is 7.86. The van der Waals surface area contributed by atoms with Crippen molar-refractivity contribution in [2.24, 2.45) is 11.8 Å². The third-order valence-corrected chi connectivity index (χ3v) is 5.61. The van der Waals surface area contributed by atoms with Crippen molar-refractivity contribution in [1.29, 1.82) is 0 Å². The summed E-state index contributed by atoms with van der Waals surface area (Å²) in [6.07, 6.45) is 24.7. The molecule has 0 aliphatic carbocycles. The average molecular weight is 325 g/mol. The highest BCUT2D eigenvalue weighted by Crippen LogP contribution is 2.32. The minimum Gasteiger partial charge on any atom is -0.0654 e. The first-order chi connectivity index (χ1) is 11.3. The zero-order chi connectivity index (χ0) is 17.2. The van der Waals surface area contributed by atoms with Crippen LogP contribution in [0.4, 0.5) is 0 Å². The highest BCUT2D eigenvalue weighted by molar-refractivity contribution is 4.71. The Hall–Kier alpha value is 0. The van der Waals surface area contributed by atoms with E-state index in [2.05, 4.69) is 27.7 Å². The molecule has 0 saturated carbocycles. The van der Waals surface area contributed by atoms with Gasteiger partial charge in [-0.2, -0.15) is 0 Å². The number of hydrogen-bond donors (Lipinski definition) is 0. The second kappa shape index (κ2) is 18.3. The van der Waals surface area contributed by atoms with Gasteiger partial charge in [-0.15, -0.1) is 0 Å². The Labute approximate surface area is 149 Å². The Kier molecular flexibility index (Phi) is 18.3. The number of rotatable bonds is 18. The van der Waals surface area contributed by atoms with Gasteiger partial charge in [0.25, 0.3) is 0 Å². The SMILES string of the molecule is CCCCCCCC(CCC)C(CCCCC)CCCCCC. The van der Waals surface area contributed by atoms with Gasteiger partial charge in [-0.05, 0) is 11.8 Å². The lowest BCUT2D eigenvalue weighted by molar-refractivity contribution is 0.241. The molecule has 0 nitrogen and oxygen atoms in total. The van der Waals surface area contributed by atoms with Crippen molar-refractivity contribution >= 4 is 0 Å². The quantitative estimate of drug-likeness (QED) is 0.221. The van der Waals surface area contributed by atoms with Crippen LogP contribution in [0.1, 0.15) is 137 Å². The maximum absolute atomic E-state index is 2.39. The maximum atomic E-state index is 2.39. The third-order valence-electron chi connectivity index (χ3n) is 5.61. The summed E-state index contributed by atoms with van der Waals surface area (Å²) in [5.74, 6) is 2.06.